The topological polar surface area (TPSA) is 71.8 Å². The number of rotatable bonds is 5. The molecule has 0 fully saturated rings. The Bertz CT molecular complexity index is 1080. The van der Waals surface area contributed by atoms with Gasteiger partial charge in [-0.15, -0.1) is 5.10 Å². The highest BCUT2D eigenvalue weighted by molar-refractivity contribution is 6.30. The van der Waals surface area contributed by atoms with Crippen LogP contribution in [0.25, 0.3) is 5.70 Å². The molecule has 0 radical (unpaired) electrons. The van der Waals surface area contributed by atoms with E-state index in [0.29, 0.717) is 23.3 Å². The van der Waals surface area contributed by atoms with Crippen molar-refractivity contribution < 1.29 is 4.79 Å². The molecule has 2 heterocycles. The van der Waals surface area contributed by atoms with Crippen molar-refractivity contribution in [3.05, 3.63) is 76.3 Å². The summed E-state index contributed by atoms with van der Waals surface area (Å²) in [5, 5.41) is 11.4. The lowest BCUT2D eigenvalue weighted by atomic mass is 10.0. The van der Waals surface area contributed by atoms with Gasteiger partial charge in [-0.25, -0.2) is 4.68 Å². The average molecular weight is 422 g/mol. The van der Waals surface area contributed by atoms with Crippen molar-refractivity contribution in [3.63, 3.8) is 0 Å². The molecule has 6 nitrogen and oxygen atoms in total. The number of halogens is 1. The Morgan fingerprint density at radius 2 is 1.87 bits per heavy atom. The summed E-state index contributed by atoms with van der Waals surface area (Å²) in [5.74, 6) is 1.04. The van der Waals surface area contributed by atoms with Crippen LogP contribution in [-0.2, 0) is 4.79 Å². The number of nitrogens with one attached hydrogen (secondary N) is 2. The first-order valence-electron chi connectivity index (χ1n) is 9.97. The molecule has 3 aromatic rings. The molecule has 0 aliphatic carbocycles. The standard InChI is InChI=1S/C23H24ClN5O/c1-14(2)12-21(30)26-22-27-23-25-19(16-8-10-18(24)11-9-16)13-20(29(23)28-22)17-6-4-15(3)5-7-17/h4-11,13-14,20H,12H2,1-3H3,(H2,25,26,27,28,30)/t20-/m1/s1. The van der Waals surface area contributed by atoms with Crippen LogP contribution in [0, 0.1) is 12.8 Å². The third kappa shape index (κ3) is 4.39. The molecule has 1 aliphatic heterocycles. The van der Waals surface area contributed by atoms with E-state index in [9.17, 15) is 4.79 Å². The van der Waals surface area contributed by atoms with Crippen LogP contribution < -0.4 is 10.6 Å². The maximum atomic E-state index is 12.2. The molecule has 1 amide bonds. The van der Waals surface area contributed by atoms with Crippen molar-refractivity contribution in [1.82, 2.24) is 14.8 Å². The van der Waals surface area contributed by atoms with Gasteiger partial charge in [0.25, 0.3) is 5.95 Å². The van der Waals surface area contributed by atoms with Crippen molar-refractivity contribution in [3.8, 4) is 0 Å². The molecule has 0 bridgehead atoms. The monoisotopic (exact) mass is 421 g/mol. The molecule has 1 aliphatic rings. The second-order valence-corrected chi connectivity index (χ2v) is 8.35. The largest absolute Gasteiger partial charge is 0.324 e. The predicted molar refractivity (Wildman–Crippen MR) is 120 cm³/mol. The molecule has 0 saturated carbocycles. The number of anilines is 2. The summed E-state index contributed by atoms with van der Waals surface area (Å²) in [6.07, 6.45) is 2.53. The second-order valence-electron chi connectivity index (χ2n) is 7.92. The summed E-state index contributed by atoms with van der Waals surface area (Å²) >= 11 is 6.05. The van der Waals surface area contributed by atoms with E-state index in [0.717, 1.165) is 16.8 Å². The first kappa shape index (κ1) is 20.2. The number of carbonyl (C=O) groups excluding carboxylic acids is 1. The summed E-state index contributed by atoms with van der Waals surface area (Å²) < 4.78 is 1.80. The molecular formula is C23H24ClN5O. The van der Waals surface area contributed by atoms with Gasteiger partial charge in [-0.2, -0.15) is 4.98 Å². The first-order chi connectivity index (χ1) is 14.4. The number of hydrogen-bond donors (Lipinski definition) is 2. The zero-order valence-corrected chi connectivity index (χ0v) is 17.9. The van der Waals surface area contributed by atoms with Gasteiger partial charge in [-0.05, 0) is 42.2 Å². The van der Waals surface area contributed by atoms with E-state index in [-0.39, 0.29) is 17.9 Å². The number of nitrogens with zero attached hydrogens (tertiary/aromatic N) is 3. The van der Waals surface area contributed by atoms with E-state index in [2.05, 4.69) is 58.0 Å². The fourth-order valence-corrected chi connectivity index (χ4v) is 3.52. The molecule has 7 heteroatoms. The van der Waals surface area contributed by atoms with Crippen LogP contribution in [0.5, 0.6) is 0 Å². The van der Waals surface area contributed by atoms with Crippen molar-refractivity contribution in [2.75, 3.05) is 10.6 Å². The van der Waals surface area contributed by atoms with Crippen molar-refractivity contribution in [2.24, 2.45) is 5.92 Å². The van der Waals surface area contributed by atoms with Gasteiger partial charge in [0.1, 0.15) is 6.04 Å². The number of carbonyl (C=O) groups is 1. The summed E-state index contributed by atoms with van der Waals surface area (Å²) in [5.41, 5.74) is 4.18. The van der Waals surface area contributed by atoms with Crippen LogP contribution in [0.1, 0.15) is 43.0 Å². The van der Waals surface area contributed by atoms with E-state index >= 15 is 0 Å². The minimum absolute atomic E-state index is 0.0919. The number of benzene rings is 2. The molecule has 0 unspecified atom stereocenters. The van der Waals surface area contributed by atoms with Gasteiger partial charge in [0.2, 0.25) is 11.9 Å². The van der Waals surface area contributed by atoms with E-state index in [1.165, 1.54) is 5.56 Å². The Kier molecular flexibility index (Phi) is 5.59. The maximum Gasteiger partial charge on any atom is 0.250 e. The predicted octanol–water partition coefficient (Wildman–Crippen LogP) is 5.28. The molecular weight excluding hydrogens is 398 g/mol. The molecule has 0 saturated heterocycles. The lowest BCUT2D eigenvalue weighted by Gasteiger charge is -2.24. The Labute approximate surface area is 181 Å². The molecule has 1 aromatic heterocycles. The Hall–Kier alpha value is -3.12. The van der Waals surface area contributed by atoms with Crippen molar-refractivity contribution in [2.45, 2.75) is 33.2 Å². The van der Waals surface area contributed by atoms with Gasteiger partial charge >= 0.3 is 0 Å². The van der Waals surface area contributed by atoms with Crippen molar-refractivity contribution >= 4 is 35.1 Å². The van der Waals surface area contributed by atoms with E-state index in [1.54, 1.807) is 4.68 Å². The Morgan fingerprint density at radius 1 is 1.17 bits per heavy atom. The lowest BCUT2D eigenvalue weighted by Crippen LogP contribution is -2.20. The summed E-state index contributed by atoms with van der Waals surface area (Å²) in [4.78, 5) is 16.7. The average Bonchev–Trinajstić information content (AvgIpc) is 3.10. The van der Waals surface area contributed by atoms with Crippen LogP contribution in [0.3, 0.4) is 0 Å². The number of fused-ring (bicyclic) bond motifs is 1. The highest BCUT2D eigenvalue weighted by atomic mass is 35.5. The van der Waals surface area contributed by atoms with E-state index < -0.39 is 0 Å². The smallest absolute Gasteiger partial charge is 0.250 e. The molecule has 30 heavy (non-hydrogen) atoms. The normalized spacial score (nSPS) is 15.4. The number of aryl methyl sites for hydroxylation is 1. The van der Waals surface area contributed by atoms with Gasteiger partial charge in [0.15, 0.2) is 0 Å². The van der Waals surface area contributed by atoms with Crippen LogP contribution in [0.15, 0.2) is 54.6 Å². The molecule has 2 aromatic carbocycles. The highest BCUT2D eigenvalue weighted by Crippen LogP contribution is 2.33. The van der Waals surface area contributed by atoms with Gasteiger partial charge in [0.05, 0.1) is 0 Å². The second kappa shape index (κ2) is 8.32. The number of hydrogen-bond acceptors (Lipinski definition) is 4. The zero-order chi connectivity index (χ0) is 21.3. The van der Waals surface area contributed by atoms with Crippen LogP contribution in [0.2, 0.25) is 5.02 Å². The Balaban J connectivity index is 1.71. The Morgan fingerprint density at radius 3 is 2.53 bits per heavy atom. The number of allylic oxidation sites excluding steroid dienone is 1. The molecule has 2 N–H and O–H groups in total. The minimum atomic E-state index is -0.157. The van der Waals surface area contributed by atoms with Gasteiger partial charge in [-0.1, -0.05) is 67.4 Å². The summed E-state index contributed by atoms with van der Waals surface area (Å²) in [7, 11) is 0. The van der Waals surface area contributed by atoms with Gasteiger partial charge in [0, 0.05) is 17.1 Å². The quantitative estimate of drug-likeness (QED) is 0.587. The fourth-order valence-electron chi connectivity index (χ4n) is 3.39. The van der Waals surface area contributed by atoms with Gasteiger partial charge < -0.3 is 5.32 Å². The number of amides is 1. The summed E-state index contributed by atoms with van der Waals surface area (Å²) in [6.45, 7) is 6.06. The van der Waals surface area contributed by atoms with Crippen LogP contribution in [0.4, 0.5) is 11.9 Å². The number of aromatic nitrogens is 3. The SMILES string of the molecule is Cc1ccc([C@H]2C=C(c3ccc(Cl)cc3)Nc3nc(NC(=O)CC(C)C)nn32)cc1. The van der Waals surface area contributed by atoms with Crippen LogP contribution in [-0.4, -0.2) is 20.7 Å². The highest BCUT2D eigenvalue weighted by Gasteiger charge is 2.26. The van der Waals surface area contributed by atoms with E-state index in [4.69, 9.17) is 11.6 Å². The van der Waals surface area contributed by atoms with E-state index in [1.807, 2.05) is 38.1 Å². The third-order valence-electron chi connectivity index (χ3n) is 4.88. The summed E-state index contributed by atoms with van der Waals surface area (Å²) in [6, 6.07) is 15.8. The first-order valence-corrected chi connectivity index (χ1v) is 10.3. The zero-order valence-electron chi connectivity index (χ0n) is 17.2. The third-order valence-corrected chi connectivity index (χ3v) is 5.14. The van der Waals surface area contributed by atoms with Crippen molar-refractivity contribution in [1.29, 1.82) is 0 Å². The van der Waals surface area contributed by atoms with Gasteiger partial charge in [-0.3, -0.25) is 10.1 Å². The maximum absolute atomic E-state index is 12.2. The lowest BCUT2D eigenvalue weighted by molar-refractivity contribution is -0.116. The molecule has 4 rings (SSSR count). The molecule has 0 spiro atoms. The minimum Gasteiger partial charge on any atom is -0.324 e. The molecule has 154 valence electrons. The fraction of sp³-hybridized carbons (Fsp3) is 0.261. The molecule has 1 atom stereocenters. The van der Waals surface area contributed by atoms with Crippen LogP contribution >= 0.6 is 11.6 Å².